The summed E-state index contributed by atoms with van der Waals surface area (Å²) in [5.41, 5.74) is 3.76. The summed E-state index contributed by atoms with van der Waals surface area (Å²) in [4.78, 5) is 7.25. The highest BCUT2D eigenvalue weighted by molar-refractivity contribution is 5.98. The third-order valence-corrected chi connectivity index (χ3v) is 4.37. The van der Waals surface area contributed by atoms with Crippen molar-refractivity contribution in [1.29, 1.82) is 0 Å². The first-order valence-corrected chi connectivity index (χ1v) is 9.18. The summed E-state index contributed by atoms with van der Waals surface area (Å²) < 4.78 is 0. The molecule has 1 aromatic carbocycles. The van der Waals surface area contributed by atoms with Gasteiger partial charge >= 0.3 is 0 Å². The fourth-order valence-corrected chi connectivity index (χ4v) is 2.81. The van der Waals surface area contributed by atoms with Crippen molar-refractivity contribution in [2.45, 2.75) is 33.1 Å². The molecule has 1 aromatic rings. The zero-order valence-corrected chi connectivity index (χ0v) is 15.1. The van der Waals surface area contributed by atoms with Gasteiger partial charge in [0.2, 0.25) is 0 Å². The fourth-order valence-electron chi connectivity index (χ4n) is 2.81. The zero-order chi connectivity index (χ0) is 17.0. The van der Waals surface area contributed by atoms with Crippen LogP contribution >= 0.6 is 0 Å². The molecule has 0 aromatic heterocycles. The van der Waals surface area contributed by atoms with Crippen molar-refractivity contribution < 1.29 is 0 Å². The van der Waals surface area contributed by atoms with Crippen LogP contribution < -0.4 is 0 Å². The van der Waals surface area contributed by atoms with Gasteiger partial charge < -0.3 is 4.90 Å². The molecule has 0 atom stereocenters. The Morgan fingerprint density at radius 2 is 1.83 bits per heavy atom. The van der Waals surface area contributed by atoms with Gasteiger partial charge in [-0.25, -0.2) is 0 Å². The van der Waals surface area contributed by atoms with Crippen LogP contribution in [0.25, 0.3) is 6.08 Å². The first-order chi connectivity index (χ1) is 11.8. The molecule has 2 heteroatoms. The zero-order valence-electron chi connectivity index (χ0n) is 15.1. The van der Waals surface area contributed by atoms with Gasteiger partial charge in [0.1, 0.15) is 0 Å². The number of allylic oxidation sites excluding steroid dienone is 5. The Bertz CT molecular complexity index is 590. The van der Waals surface area contributed by atoms with E-state index in [0.29, 0.717) is 0 Å². The van der Waals surface area contributed by atoms with E-state index in [9.17, 15) is 0 Å². The Labute approximate surface area is 147 Å². The van der Waals surface area contributed by atoms with Gasteiger partial charge in [0.25, 0.3) is 0 Å². The summed E-state index contributed by atoms with van der Waals surface area (Å²) in [7, 11) is 0. The topological polar surface area (TPSA) is 15.6 Å². The second-order valence-electron chi connectivity index (χ2n) is 6.13. The monoisotopic (exact) mass is 322 g/mol. The number of hydrogen-bond acceptors (Lipinski definition) is 2. The molecule has 0 amide bonds. The molecule has 1 aliphatic rings. The van der Waals surface area contributed by atoms with Gasteiger partial charge in [0.05, 0.1) is 0 Å². The number of unbranched alkanes of at least 4 members (excludes halogenated alkanes) is 1. The molecular formula is C22H30N2. The Hall–Kier alpha value is -1.93. The third-order valence-electron chi connectivity index (χ3n) is 4.37. The number of rotatable bonds is 9. The van der Waals surface area contributed by atoms with Crippen LogP contribution in [-0.2, 0) is 0 Å². The third kappa shape index (κ3) is 6.67. The minimum Gasteiger partial charge on any atom is -0.304 e. The van der Waals surface area contributed by atoms with Crippen LogP contribution in [0.1, 0.15) is 38.7 Å². The van der Waals surface area contributed by atoms with Crippen LogP contribution in [0.15, 0.2) is 65.2 Å². The molecule has 0 N–H and O–H groups in total. The van der Waals surface area contributed by atoms with E-state index in [0.717, 1.165) is 26.1 Å². The lowest BCUT2D eigenvalue weighted by molar-refractivity contribution is 0.298. The van der Waals surface area contributed by atoms with Crippen LogP contribution in [0.4, 0.5) is 0 Å². The first-order valence-electron chi connectivity index (χ1n) is 9.18. The van der Waals surface area contributed by atoms with Crippen LogP contribution in [0.3, 0.4) is 0 Å². The van der Waals surface area contributed by atoms with Crippen molar-refractivity contribution >= 4 is 11.8 Å². The lowest BCUT2D eigenvalue weighted by atomic mass is 10.0. The Kier molecular flexibility index (Phi) is 8.26. The molecule has 0 spiro atoms. The van der Waals surface area contributed by atoms with E-state index >= 15 is 0 Å². The van der Waals surface area contributed by atoms with E-state index in [-0.39, 0.29) is 0 Å². The first kappa shape index (κ1) is 18.4. The number of benzene rings is 1. The highest BCUT2D eigenvalue weighted by Gasteiger charge is 2.03. The van der Waals surface area contributed by atoms with Crippen LogP contribution in [0.5, 0.6) is 0 Å². The minimum atomic E-state index is 0.940. The van der Waals surface area contributed by atoms with Crippen LogP contribution in [0.2, 0.25) is 0 Å². The van der Waals surface area contributed by atoms with Crippen molar-refractivity contribution in [2.24, 2.45) is 4.99 Å². The summed E-state index contributed by atoms with van der Waals surface area (Å²) in [6.45, 7) is 8.89. The molecule has 0 bridgehead atoms. The predicted octanol–water partition coefficient (Wildman–Crippen LogP) is 5.15. The largest absolute Gasteiger partial charge is 0.304 e. The molecule has 0 unspecified atom stereocenters. The molecule has 0 fully saturated rings. The smallest absolute Gasteiger partial charge is 0.0393 e. The minimum absolute atomic E-state index is 0.940. The number of hydrogen-bond donors (Lipinski definition) is 0. The van der Waals surface area contributed by atoms with E-state index in [1.54, 1.807) is 0 Å². The maximum atomic E-state index is 4.77. The van der Waals surface area contributed by atoms with Gasteiger partial charge in [-0.15, -0.1) is 0 Å². The van der Waals surface area contributed by atoms with Gasteiger partial charge in [-0.1, -0.05) is 68.5 Å². The highest BCUT2D eigenvalue weighted by atomic mass is 15.1. The molecule has 0 radical (unpaired) electrons. The fraction of sp³-hybridized carbons (Fsp3) is 0.409. The van der Waals surface area contributed by atoms with E-state index in [1.807, 2.05) is 6.07 Å². The maximum absolute atomic E-state index is 4.77. The summed E-state index contributed by atoms with van der Waals surface area (Å²) in [6.07, 6.45) is 14.2. The Morgan fingerprint density at radius 3 is 2.58 bits per heavy atom. The molecule has 1 aliphatic carbocycles. The van der Waals surface area contributed by atoms with Crippen molar-refractivity contribution in [3.05, 3.63) is 65.8 Å². The maximum Gasteiger partial charge on any atom is 0.0393 e. The Balaban J connectivity index is 1.75. The van der Waals surface area contributed by atoms with Gasteiger partial charge in [-0.3, -0.25) is 4.99 Å². The van der Waals surface area contributed by atoms with Crippen molar-refractivity contribution in [2.75, 3.05) is 26.2 Å². The van der Waals surface area contributed by atoms with Gasteiger partial charge in [-0.05, 0) is 49.7 Å². The van der Waals surface area contributed by atoms with E-state index < -0.39 is 0 Å². The molecule has 0 saturated heterocycles. The molecule has 0 heterocycles. The summed E-state index contributed by atoms with van der Waals surface area (Å²) in [5, 5.41) is 0. The summed E-state index contributed by atoms with van der Waals surface area (Å²) >= 11 is 0. The quantitative estimate of drug-likeness (QED) is 0.574. The van der Waals surface area contributed by atoms with Crippen molar-refractivity contribution in [3.63, 3.8) is 0 Å². The van der Waals surface area contributed by atoms with Gasteiger partial charge in [0.15, 0.2) is 0 Å². The van der Waals surface area contributed by atoms with E-state index in [2.05, 4.69) is 73.4 Å². The SMILES string of the molecule is CCN(CC)CCCCN=C1C=CC=C(C=Cc2ccccc2)C1. The number of aliphatic imine (C=N–C) groups is 1. The van der Waals surface area contributed by atoms with Crippen LogP contribution in [0, 0.1) is 0 Å². The molecular weight excluding hydrogens is 292 g/mol. The van der Waals surface area contributed by atoms with E-state index in [4.69, 9.17) is 4.99 Å². The number of nitrogens with zero attached hydrogens (tertiary/aromatic N) is 2. The van der Waals surface area contributed by atoms with Crippen LogP contribution in [-0.4, -0.2) is 36.8 Å². The van der Waals surface area contributed by atoms with Crippen molar-refractivity contribution in [3.8, 4) is 0 Å². The second-order valence-corrected chi connectivity index (χ2v) is 6.13. The standard InChI is InChI=1S/C22H30N2/c1-3-24(4-2)18-9-8-17-23-22-14-10-13-21(19-22)16-15-20-11-6-5-7-12-20/h5-7,10-16H,3-4,8-9,17-19H2,1-2H3. The molecule has 0 aliphatic heterocycles. The van der Waals surface area contributed by atoms with Gasteiger partial charge in [-0.2, -0.15) is 0 Å². The lowest BCUT2D eigenvalue weighted by Crippen LogP contribution is -2.24. The molecule has 128 valence electrons. The predicted molar refractivity (Wildman–Crippen MR) is 107 cm³/mol. The van der Waals surface area contributed by atoms with Crippen molar-refractivity contribution in [1.82, 2.24) is 4.90 Å². The summed E-state index contributed by atoms with van der Waals surface area (Å²) in [6, 6.07) is 10.4. The van der Waals surface area contributed by atoms with Gasteiger partial charge in [0, 0.05) is 18.7 Å². The molecule has 24 heavy (non-hydrogen) atoms. The average Bonchev–Trinajstić information content (AvgIpc) is 2.64. The lowest BCUT2D eigenvalue weighted by Gasteiger charge is -2.17. The van der Waals surface area contributed by atoms with E-state index in [1.165, 1.54) is 36.2 Å². The molecule has 2 nitrogen and oxygen atoms in total. The average molecular weight is 322 g/mol. The second kappa shape index (κ2) is 10.8. The molecule has 0 saturated carbocycles. The molecule has 2 rings (SSSR count). The Morgan fingerprint density at radius 1 is 1.04 bits per heavy atom. The highest BCUT2D eigenvalue weighted by Crippen LogP contribution is 2.14. The normalized spacial score (nSPS) is 16.3. The summed E-state index contributed by atoms with van der Waals surface area (Å²) in [5.74, 6) is 0.